The molecule has 0 aliphatic carbocycles. The average Bonchev–Trinajstić information content (AvgIpc) is 2.76. The Morgan fingerprint density at radius 3 is 2.38 bits per heavy atom. The van der Waals surface area contributed by atoms with E-state index in [1.807, 2.05) is 0 Å². The Labute approximate surface area is 176 Å². The van der Waals surface area contributed by atoms with Gasteiger partial charge in [0.25, 0.3) is 0 Å². The third kappa shape index (κ3) is 6.56. The first kappa shape index (κ1) is 21.8. The Morgan fingerprint density at radius 1 is 1.03 bits per heavy atom. The van der Waals surface area contributed by atoms with Gasteiger partial charge in [-0.25, -0.2) is 0 Å². The second-order valence-corrected chi connectivity index (χ2v) is 8.43. The van der Waals surface area contributed by atoms with Crippen LogP contribution in [0, 0.1) is 5.92 Å². The maximum Gasteiger partial charge on any atom is 0.115 e. The van der Waals surface area contributed by atoms with E-state index in [0.29, 0.717) is 11.8 Å². The highest BCUT2D eigenvalue weighted by Gasteiger charge is 2.28. The minimum Gasteiger partial charge on any atom is -0.508 e. The van der Waals surface area contributed by atoms with Gasteiger partial charge in [-0.05, 0) is 94.4 Å². The van der Waals surface area contributed by atoms with E-state index in [9.17, 15) is 5.11 Å². The van der Waals surface area contributed by atoms with Crippen LogP contribution in [0.2, 0.25) is 0 Å². The van der Waals surface area contributed by atoms with Gasteiger partial charge in [0.2, 0.25) is 0 Å². The van der Waals surface area contributed by atoms with E-state index in [1.165, 1.54) is 30.4 Å². The summed E-state index contributed by atoms with van der Waals surface area (Å²) in [6.07, 6.45) is 5.86. The maximum absolute atomic E-state index is 9.68. The van der Waals surface area contributed by atoms with Crippen molar-refractivity contribution in [2.75, 3.05) is 26.2 Å². The summed E-state index contributed by atoms with van der Waals surface area (Å²) in [5.74, 6) is 1.11. The molecule has 0 radical (unpaired) electrons. The molecule has 0 bridgehead atoms. The quantitative estimate of drug-likeness (QED) is 0.530. The zero-order chi connectivity index (χ0) is 20.5. The van der Waals surface area contributed by atoms with Crippen molar-refractivity contribution in [3.63, 3.8) is 0 Å². The number of phenolic OH excluding ortho intramolecular Hbond substituents is 1. The van der Waals surface area contributed by atoms with Gasteiger partial charge in [0, 0.05) is 12.1 Å². The van der Waals surface area contributed by atoms with E-state index in [-0.39, 0.29) is 6.04 Å². The molecular formula is C25H37N3O. The minimum atomic E-state index is 0.263. The molecule has 1 saturated heterocycles. The molecule has 3 rings (SSSR count). The number of benzene rings is 2. The molecule has 0 unspecified atom stereocenters. The zero-order valence-corrected chi connectivity index (χ0v) is 17.8. The first-order chi connectivity index (χ1) is 14.2. The summed E-state index contributed by atoms with van der Waals surface area (Å²) >= 11 is 0. The molecule has 0 amide bonds. The van der Waals surface area contributed by atoms with Gasteiger partial charge in [-0.2, -0.15) is 0 Å². The SMILES string of the molecule is C[C@H]([C@H](NCCCCN)c1ccc(O)cc1)N1CCC(Cc2ccccc2)CC1. The third-order valence-electron chi connectivity index (χ3n) is 6.32. The lowest BCUT2D eigenvalue weighted by Crippen LogP contribution is -2.47. The highest BCUT2D eigenvalue weighted by atomic mass is 16.3. The van der Waals surface area contributed by atoms with Crippen molar-refractivity contribution in [2.24, 2.45) is 11.7 Å². The van der Waals surface area contributed by atoms with Crippen LogP contribution >= 0.6 is 0 Å². The number of piperidine rings is 1. The number of hydrogen-bond acceptors (Lipinski definition) is 4. The molecule has 158 valence electrons. The molecule has 1 fully saturated rings. The monoisotopic (exact) mass is 395 g/mol. The van der Waals surface area contributed by atoms with Gasteiger partial charge in [-0.1, -0.05) is 42.5 Å². The number of hydrogen-bond donors (Lipinski definition) is 3. The molecule has 1 aliphatic heterocycles. The second-order valence-electron chi connectivity index (χ2n) is 8.43. The Kier molecular flexibility index (Phi) is 8.53. The number of unbranched alkanes of at least 4 members (excludes halogenated alkanes) is 1. The number of rotatable bonds is 10. The van der Waals surface area contributed by atoms with Crippen LogP contribution in [0.3, 0.4) is 0 Å². The molecule has 1 aliphatic rings. The summed E-state index contributed by atoms with van der Waals surface area (Å²) in [7, 11) is 0. The van der Waals surface area contributed by atoms with Crippen molar-refractivity contribution in [2.45, 2.75) is 51.1 Å². The van der Waals surface area contributed by atoms with Crippen molar-refractivity contribution >= 4 is 0 Å². The molecule has 2 aromatic rings. The molecule has 29 heavy (non-hydrogen) atoms. The summed E-state index contributed by atoms with van der Waals surface area (Å²) in [6.45, 7) is 6.36. The van der Waals surface area contributed by atoms with Crippen LogP contribution in [-0.4, -0.2) is 42.2 Å². The van der Waals surface area contributed by atoms with E-state index in [4.69, 9.17) is 5.73 Å². The number of phenols is 1. The van der Waals surface area contributed by atoms with Crippen molar-refractivity contribution in [3.8, 4) is 5.75 Å². The molecule has 4 heteroatoms. The Bertz CT molecular complexity index is 696. The minimum absolute atomic E-state index is 0.263. The lowest BCUT2D eigenvalue weighted by Gasteiger charge is -2.40. The topological polar surface area (TPSA) is 61.5 Å². The second kappa shape index (κ2) is 11.3. The van der Waals surface area contributed by atoms with Gasteiger partial charge in [0.15, 0.2) is 0 Å². The Balaban J connectivity index is 1.58. The standard InChI is InChI=1S/C25H37N3O/c1-20(25(27-16-6-5-15-26)23-9-11-24(29)12-10-23)28-17-13-22(14-18-28)19-21-7-3-2-4-8-21/h2-4,7-12,20,22,25,27,29H,5-6,13-19,26H2,1H3/t20-,25+/m1/s1. The normalized spacial score (nSPS) is 17.9. The molecule has 0 aromatic heterocycles. The smallest absolute Gasteiger partial charge is 0.115 e. The fraction of sp³-hybridized carbons (Fsp3) is 0.520. The number of nitrogens with one attached hydrogen (secondary N) is 1. The highest BCUT2D eigenvalue weighted by molar-refractivity contribution is 5.29. The van der Waals surface area contributed by atoms with Crippen molar-refractivity contribution in [3.05, 3.63) is 65.7 Å². The molecular weight excluding hydrogens is 358 g/mol. The molecule has 2 aromatic carbocycles. The summed E-state index contributed by atoms with van der Waals surface area (Å²) in [4.78, 5) is 2.63. The number of likely N-dealkylation sites (tertiary alicyclic amines) is 1. The largest absolute Gasteiger partial charge is 0.508 e. The van der Waals surface area contributed by atoms with Gasteiger partial charge < -0.3 is 16.2 Å². The predicted molar refractivity (Wildman–Crippen MR) is 121 cm³/mol. The summed E-state index contributed by atoms with van der Waals surface area (Å²) < 4.78 is 0. The van der Waals surface area contributed by atoms with Gasteiger partial charge in [-0.3, -0.25) is 4.90 Å². The van der Waals surface area contributed by atoms with Gasteiger partial charge in [0.1, 0.15) is 5.75 Å². The lowest BCUT2D eigenvalue weighted by molar-refractivity contribution is 0.115. The van der Waals surface area contributed by atoms with Gasteiger partial charge in [-0.15, -0.1) is 0 Å². The lowest BCUT2D eigenvalue weighted by atomic mass is 9.88. The molecule has 4 nitrogen and oxygen atoms in total. The molecule has 0 saturated carbocycles. The van der Waals surface area contributed by atoms with Gasteiger partial charge in [0.05, 0.1) is 0 Å². The Morgan fingerprint density at radius 2 is 1.72 bits per heavy atom. The fourth-order valence-corrected chi connectivity index (χ4v) is 4.50. The van der Waals surface area contributed by atoms with E-state index in [2.05, 4.69) is 59.6 Å². The van der Waals surface area contributed by atoms with Gasteiger partial charge >= 0.3 is 0 Å². The van der Waals surface area contributed by atoms with Crippen LogP contribution < -0.4 is 11.1 Å². The van der Waals surface area contributed by atoms with Crippen LogP contribution in [0.15, 0.2) is 54.6 Å². The molecule has 4 N–H and O–H groups in total. The Hall–Kier alpha value is -1.88. The zero-order valence-electron chi connectivity index (χ0n) is 17.8. The first-order valence-corrected chi connectivity index (χ1v) is 11.2. The fourth-order valence-electron chi connectivity index (χ4n) is 4.50. The first-order valence-electron chi connectivity index (χ1n) is 11.2. The summed E-state index contributed by atoms with van der Waals surface area (Å²) in [6, 6.07) is 19.2. The predicted octanol–water partition coefficient (Wildman–Crippen LogP) is 4.11. The van der Waals surface area contributed by atoms with Crippen LogP contribution in [0.25, 0.3) is 0 Å². The molecule has 2 atom stereocenters. The third-order valence-corrected chi connectivity index (χ3v) is 6.32. The van der Waals surface area contributed by atoms with Crippen LogP contribution in [0.5, 0.6) is 5.75 Å². The van der Waals surface area contributed by atoms with Crippen molar-refractivity contribution in [1.82, 2.24) is 10.2 Å². The van der Waals surface area contributed by atoms with Crippen molar-refractivity contribution in [1.29, 1.82) is 0 Å². The summed E-state index contributed by atoms with van der Waals surface area (Å²) in [5, 5.41) is 13.4. The number of aromatic hydroxyl groups is 1. The van der Waals surface area contributed by atoms with Crippen molar-refractivity contribution < 1.29 is 5.11 Å². The average molecular weight is 396 g/mol. The van der Waals surface area contributed by atoms with E-state index in [1.54, 1.807) is 12.1 Å². The van der Waals surface area contributed by atoms with Crippen LogP contribution in [0.4, 0.5) is 0 Å². The van der Waals surface area contributed by atoms with Crippen LogP contribution in [-0.2, 0) is 6.42 Å². The number of nitrogens with zero attached hydrogens (tertiary/aromatic N) is 1. The molecule has 1 heterocycles. The molecule has 0 spiro atoms. The highest BCUT2D eigenvalue weighted by Crippen LogP contribution is 2.28. The van der Waals surface area contributed by atoms with Crippen LogP contribution in [0.1, 0.15) is 49.8 Å². The van der Waals surface area contributed by atoms with E-state index < -0.39 is 0 Å². The van der Waals surface area contributed by atoms with E-state index >= 15 is 0 Å². The summed E-state index contributed by atoms with van der Waals surface area (Å²) in [5.41, 5.74) is 8.36. The van der Waals surface area contributed by atoms with E-state index in [0.717, 1.165) is 44.9 Å². The number of nitrogens with two attached hydrogens (primary N) is 1. The maximum atomic E-state index is 9.68.